The largest absolute Gasteiger partial charge is 0.353 e. The third-order valence-electron chi connectivity index (χ3n) is 4.41. The lowest BCUT2D eigenvalue weighted by atomic mass is 10.1. The van der Waals surface area contributed by atoms with Gasteiger partial charge in [0.15, 0.2) is 5.13 Å². The number of hydrogen-bond acceptors (Lipinski definition) is 4. The van der Waals surface area contributed by atoms with Crippen LogP contribution in [-0.4, -0.2) is 36.1 Å². The van der Waals surface area contributed by atoms with E-state index in [0.29, 0.717) is 24.1 Å². The van der Waals surface area contributed by atoms with Gasteiger partial charge in [-0.05, 0) is 19.3 Å². The summed E-state index contributed by atoms with van der Waals surface area (Å²) in [5.41, 5.74) is 0.745. The van der Waals surface area contributed by atoms with Gasteiger partial charge < -0.3 is 10.6 Å². The molecule has 2 aliphatic rings. The zero-order valence-corrected chi connectivity index (χ0v) is 14.2. The Bertz CT molecular complexity index is 552. The number of aromatic nitrogens is 1. The number of nitrogens with zero attached hydrogens (tertiary/aromatic N) is 2. The second kappa shape index (κ2) is 7.77. The van der Waals surface area contributed by atoms with E-state index < -0.39 is 0 Å². The lowest BCUT2D eigenvalue weighted by molar-refractivity contribution is -0.121. The molecule has 126 valence electrons. The third-order valence-corrected chi connectivity index (χ3v) is 5.32. The number of carbonyl (C=O) groups excluding carboxylic acids is 2. The number of hydrogen-bond donors (Lipinski definition) is 2. The Morgan fingerprint density at radius 1 is 1.30 bits per heavy atom. The van der Waals surface area contributed by atoms with Gasteiger partial charge >= 0.3 is 6.03 Å². The molecule has 1 saturated heterocycles. The normalized spacial score (nSPS) is 20.0. The topological polar surface area (TPSA) is 74.3 Å². The van der Waals surface area contributed by atoms with Gasteiger partial charge in [0.2, 0.25) is 5.91 Å². The summed E-state index contributed by atoms with van der Waals surface area (Å²) in [4.78, 5) is 30.1. The molecule has 1 aliphatic carbocycles. The SMILES string of the molecule is O=C(Cc1csc(N2CCCNC2=O)n1)NC1CCCCCC1. The summed E-state index contributed by atoms with van der Waals surface area (Å²) >= 11 is 1.43. The van der Waals surface area contributed by atoms with Crippen LogP contribution in [0.3, 0.4) is 0 Å². The first-order valence-corrected chi connectivity index (χ1v) is 9.39. The Kier molecular flexibility index (Phi) is 5.48. The first-order chi connectivity index (χ1) is 11.2. The Morgan fingerprint density at radius 3 is 2.83 bits per heavy atom. The minimum atomic E-state index is -0.0972. The van der Waals surface area contributed by atoms with Gasteiger partial charge in [0.1, 0.15) is 0 Å². The lowest BCUT2D eigenvalue weighted by Crippen LogP contribution is -2.46. The zero-order chi connectivity index (χ0) is 16.1. The molecule has 3 amide bonds. The summed E-state index contributed by atoms with van der Waals surface area (Å²) < 4.78 is 0. The van der Waals surface area contributed by atoms with Crippen molar-refractivity contribution in [3.8, 4) is 0 Å². The maximum atomic E-state index is 12.2. The number of amides is 3. The van der Waals surface area contributed by atoms with Crippen LogP contribution in [0, 0.1) is 0 Å². The molecular formula is C16H24N4O2S. The summed E-state index contributed by atoms with van der Waals surface area (Å²) in [5, 5.41) is 8.51. The molecule has 1 aromatic heterocycles. The van der Waals surface area contributed by atoms with E-state index in [2.05, 4.69) is 15.6 Å². The van der Waals surface area contributed by atoms with Crippen molar-refractivity contribution in [1.29, 1.82) is 0 Å². The number of nitrogens with one attached hydrogen (secondary N) is 2. The Hall–Kier alpha value is -1.63. The number of anilines is 1. The van der Waals surface area contributed by atoms with Crippen LogP contribution in [0.2, 0.25) is 0 Å². The molecule has 0 radical (unpaired) electrons. The van der Waals surface area contributed by atoms with Gasteiger partial charge in [0, 0.05) is 24.5 Å². The molecule has 1 aliphatic heterocycles. The van der Waals surface area contributed by atoms with Crippen LogP contribution in [0.15, 0.2) is 5.38 Å². The number of urea groups is 1. The molecule has 2 fully saturated rings. The average molecular weight is 336 g/mol. The number of carbonyl (C=O) groups is 2. The molecule has 0 aromatic carbocycles. The highest BCUT2D eigenvalue weighted by molar-refractivity contribution is 7.14. The number of rotatable bonds is 4. The van der Waals surface area contributed by atoms with Crippen molar-refractivity contribution in [2.75, 3.05) is 18.0 Å². The summed E-state index contributed by atoms with van der Waals surface area (Å²) in [7, 11) is 0. The molecule has 2 N–H and O–H groups in total. The summed E-state index contributed by atoms with van der Waals surface area (Å²) in [5.74, 6) is 0.0387. The summed E-state index contributed by atoms with van der Waals surface area (Å²) in [6.45, 7) is 1.41. The molecular weight excluding hydrogens is 312 g/mol. The number of thiazole rings is 1. The Labute approximate surface area is 140 Å². The summed E-state index contributed by atoms with van der Waals surface area (Å²) in [6.07, 6.45) is 8.35. The van der Waals surface area contributed by atoms with Crippen molar-refractivity contribution >= 4 is 28.4 Å². The van der Waals surface area contributed by atoms with E-state index in [1.165, 1.54) is 37.0 Å². The fourth-order valence-corrected chi connectivity index (χ4v) is 4.03. The van der Waals surface area contributed by atoms with E-state index >= 15 is 0 Å². The summed E-state index contributed by atoms with van der Waals surface area (Å²) in [6, 6.07) is 0.219. The van der Waals surface area contributed by atoms with Gasteiger partial charge in [0.25, 0.3) is 0 Å². The van der Waals surface area contributed by atoms with Crippen LogP contribution in [0.5, 0.6) is 0 Å². The maximum Gasteiger partial charge on any atom is 0.323 e. The van der Waals surface area contributed by atoms with E-state index in [4.69, 9.17) is 0 Å². The molecule has 7 heteroatoms. The minimum Gasteiger partial charge on any atom is -0.353 e. The van der Waals surface area contributed by atoms with Gasteiger partial charge in [-0.2, -0.15) is 0 Å². The van der Waals surface area contributed by atoms with Gasteiger partial charge in [-0.1, -0.05) is 25.7 Å². The van der Waals surface area contributed by atoms with Crippen molar-refractivity contribution < 1.29 is 9.59 Å². The van der Waals surface area contributed by atoms with Gasteiger partial charge in [-0.3, -0.25) is 9.69 Å². The van der Waals surface area contributed by atoms with E-state index in [0.717, 1.165) is 31.5 Å². The Morgan fingerprint density at radius 2 is 2.09 bits per heavy atom. The average Bonchev–Trinajstić information content (AvgIpc) is 2.83. The van der Waals surface area contributed by atoms with E-state index in [9.17, 15) is 9.59 Å². The van der Waals surface area contributed by atoms with Crippen molar-refractivity contribution in [3.63, 3.8) is 0 Å². The smallest absolute Gasteiger partial charge is 0.323 e. The second-order valence-electron chi connectivity index (χ2n) is 6.29. The van der Waals surface area contributed by atoms with E-state index in [-0.39, 0.29) is 11.9 Å². The quantitative estimate of drug-likeness (QED) is 0.829. The highest BCUT2D eigenvalue weighted by Gasteiger charge is 2.22. The predicted molar refractivity (Wildman–Crippen MR) is 90.8 cm³/mol. The first kappa shape index (κ1) is 16.2. The third kappa shape index (κ3) is 4.43. The van der Waals surface area contributed by atoms with Crippen molar-refractivity contribution in [1.82, 2.24) is 15.6 Å². The first-order valence-electron chi connectivity index (χ1n) is 8.51. The van der Waals surface area contributed by atoms with Crippen LogP contribution in [0.25, 0.3) is 0 Å². The zero-order valence-electron chi connectivity index (χ0n) is 13.3. The van der Waals surface area contributed by atoms with E-state index in [1.54, 1.807) is 4.90 Å². The van der Waals surface area contributed by atoms with Crippen LogP contribution >= 0.6 is 11.3 Å². The van der Waals surface area contributed by atoms with Crippen LogP contribution in [-0.2, 0) is 11.2 Å². The molecule has 0 bridgehead atoms. The molecule has 0 unspecified atom stereocenters. The van der Waals surface area contributed by atoms with Crippen LogP contribution < -0.4 is 15.5 Å². The van der Waals surface area contributed by atoms with E-state index in [1.807, 2.05) is 5.38 Å². The molecule has 0 atom stereocenters. The standard InChI is InChI=1S/C16H24N4O2S/c21-14(18-12-6-3-1-2-4-7-12)10-13-11-23-16(19-13)20-9-5-8-17-15(20)22/h11-12H,1-10H2,(H,17,22)(H,18,21). The maximum absolute atomic E-state index is 12.2. The molecule has 2 heterocycles. The molecule has 0 spiro atoms. The van der Waals surface area contributed by atoms with Crippen molar-refractivity contribution in [2.24, 2.45) is 0 Å². The monoisotopic (exact) mass is 336 g/mol. The second-order valence-corrected chi connectivity index (χ2v) is 7.13. The minimum absolute atomic E-state index is 0.0387. The molecule has 3 rings (SSSR count). The fraction of sp³-hybridized carbons (Fsp3) is 0.688. The molecule has 1 saturated carbocycles. The van der Waals surface area contributed by atoms with Crippen molar-refractivity contribution in [3.05, 3.63) is 11.1 Å². The van der Waals surface area contributed by atoms with Crippen molar-refractivity contribution in [2.45, 2.75) is 57.4 Å². The van der Waals surface area contributed by atoms with Gasteiger partial charge in [-0.25, -0.2) is 9.78 Å². The molecule has 1 aromatic rings. The highest BCUT2D eigenvalue weighted by Crippen LogP contribution is 2.23. The van der Waals surface area contributed by atoms with Gasteiger partial charge in [-0.15, -0.1) is 11.3 Å². The molecule has 6 nitrogen and oxygen atoms in total. The predicted octanol–water partition coefficient (Wildman–Crippen LogP) is 2.44. The lowest BCUT2D eigenvalue weighted by Gasteiger charge is -2.24. The highest BCUT2D eigenvalue weighted by atomic mass is 32.1. The fourth-order valence-electron chi connectivity index (χ4n) is 3.18. The Balaban J connectivity index is 1.53. The molecule has 23 heavy (non-hydrogen) atoms. The van der Waals surface area contributed by atoms with Crippen LogP contribution in [0.4, 0.5) is 9.93 Å². The van der Waals surface area contributed by atoms with Crippen LogP contribution in [0.1, 0.15) is 50.6 Å². The van der Waals surface area contributed by atoms with Gasteiger partial charge in [0.05, 0.1) is 12.1 Å².